The molecule has 0 saturated heterocycles. The van der Waals surface area contributed by atoms with E-state index in [1.165, 1.54) is 18.2 Å². The van der Waals surface area contributed by atoms with Crippen LogP contribution in [0.2, 0.25) is 15.1 Å². The number of rotatable bonds is 2. The van der Waals surface area contributed by atoms with Crippen molar-refractivity contribution in [3.8, 4) is 0 Å². The predicted molar refractivity (Wildman–Crippen MR) is 85.6 cm³/mol. The summed E-state index contributed by atoms with van der Waals surface area (Å²) in [4.78, 5) is 11.9. The lowest BCUT2D eigenvalue weighted by Gasteiger charge is -2.13. The van der Waals surface area contributed by atoms with Crippen molar-refractivity contribution in [2.45, 2.75) is 6.18 Å². The number of hydrogen-bond acceptors (Lipinski definition) is 1. The van der Waals surface area contributed by atoms with E-state index in [2.05, 4.69) is 10.6 Å². The van der Waals surface area contributed by atoms with Gasteiger partial charge in [-0.15, -0.1) is 0 Å². The number of urea groups is 1. The summed E-state index contributed by atoms with van der Waals surface area (Å²) < 4.78 is 38.0. The van der Waals surface area contributed by atoms with Gasteiger partial charge in [0.15, 0.2) is 0 Å². The first-order valence-electron chi connectivity index (χ1n) is 6.06. The van der Waals surface area contributed by atoms with Crippen LogP contribution in [0.15, 0.2) is 36.4 Å². The average molecular weight is 384 g/mol. The zero-order valence-electron chi connectivity index (χ0n) is 11.1. The Morgan fingerprint density at radius 3 is 2.13 bits per heavy atom. The zero-order valence-corrected chi connectivity index (χ0v) is 13.4. The molecule has 0 aliphatic rings. The van der Waals surface area contributed by atoms with Gasteiger partial charge in [0.05, 0.1) is 27.0 Å². The topological polar surface area (TPSA) is 41.1 Å². The summed E-state index contributed by atoms with van der Waals surface area (Å²) in [5, 5.41) is 5.16. The van der Waals surface area contributed by atoms with Crippen molar-refractivity contribution in [2.75, 3.05) is 10.6 Å². The van der Waals surface area contributed by atoms with Gasteiger partial charge < -0.3 is 10.6 Å². The van der Waals surface area contributed by atoms with Crippen LogP contribution in [0.25, 0.3) is 0 Å². The third-order valence-electron chi connectivity index (χ3n) is 2.72. The predicted octanol–water partition coefficient (Wildman–Crippen LogP) is 6.31. The number of benzene rings is 2. The SMILES string of the molecule is O=C(Nc1ccc(Cl)cc1Cl)Nc1cc(C(F)(F)F)ccc1Cl. The molecule has 0 bridgehead atoms. The van der Waals surface area contributed by atoms with Crippen LogP contribution in [0.5, 0.6) is 0 Å². The summed E-state index contributed by atoms with van der Waals surface area (Å²) in [5.74, 6) is 0. The number of carbonyl (C=O) groups is 1. The van der Waals surface area contributed by atoms with Gasteiger partial charge in [0.2, 0.25) is 0 Å². The molecule has 0 fully saturated rings. The first-order valence-corrected chi connectivity index (χ1v) is 7.20. The van der Waals surface area contributed by atoms with Crippen molar-refractivity contribution in [1.29, 1.82) is 0 Å². The maximum Gasteiger partial charge on any atom is 0.416 e. The third-order valence-corrected chi connectivity index (χ3v) is 3.60. The highest BCUT2D eigenvalue weighted by Crippen LogP contribution is 2.34. The zero-order chi connectivity index (χ0) is 17.2. The summed E-state index contributed by atoms with van der Waals surface area (Å²) in [6, 6.07) is 6.19. The molecule has 0 saturated carbocycles. The number of amides is 2. The molecule has 2 aromatic rings. The van der Waals surface area contributed by atoms with Crippen LogP contribution in [-0.4, -0.2) is 6.03 Å². The largest absolute Gasteiger partial charge is 0.416 e. The van der Waals surface area contributed by atoms with Crippen molar-refractivity contribution >= 4 is 52.2 Å². The Bertz CT molecular complexity index is 751. The van der Waals surface area contributed by atoms with Gasteiger partial charge in [-0.25, -0.2) is 4.79 Å². The number of hydrogen-bond donors (Lipinski definition) is 2. The monoisotopic (exact) mass is 382 g/mol. The molecule has 0 heterocycles. The van der Waals surface area contributed by atoms with Crippen LogP contribution < -0.4 is 10.6 Å². The van der Waals surface area contributed by atoms with Crippen LogP contribution in [0, 0.1) is 0 Å². The van der Waals surface area contributed by atoms with Gasteiger partial charge in [-0.1, -0.05) is 34.8 Å². The summed E-state index contributed by atoms with van der Waals surface area (Å²) in [5.41, 5.74) is -0.859. The molecule has 0 unspecified atom stereocenters. The van der Waals surface area contributed by atoms with Crippen LogP contribution in [0.4, 0.5) is 29.3 Å². The smallest absolute Gasteiger partial charge is 0.306 e. The minimum Gasteiger partial charge on any atom is -0.306 e. The van der Waals surface area contributed by atoms with E-state index in [1.807, 2.05) is 0 Å². The van der Waals surface area contributed by atoms with Crippen LogP contribution in [0.3, 0.4) is 0 Å². The molecule has 0 spiro atoms. The Labute approximate surface area is 144 Å². The fourth-order valence-electron chi connectivity index (χ4n) is 1.66. The van der Waals surface area contributed by atoms with Crippen LogP contribution in [-0.2, 0) is 6.18 Å². The van der Waals surface area contributed by atoms with Gasteiger partial charge in [0.25, 0.3) is 0 Å². The molecule has 0 aliphatic heterocycles. The second-order valence-corrected chi connectivity index (χ2v) is 5.65. The molecule has 0 atom stereocenters. The minimum atomic E-state index is -4.54. The summed E-state index contributed by atoms with van der Waals surface area (Å²) in [7, 11) is 0. The quantitative estimate of drug-likeness (QED) is 0.627. The lowest BCUT2D eigenvalue weighted by Crippen LogP contribution is -2.20. The van der Waals surface area contributed by atoms with Crippen molar-refractivity contribution in [3.05, 3.63) is 57.0 Å². The highest BCUT2D eigenvalue weighted by Gasteiger charge is 2.31. The fraction of sp³-hybridized carbons (Fsp3) is 0.0714. The highest BCUT2D eigenvalue weighted by atomic mass is 35.5. The lowest BCUT2D eigenvalue weighted by atomic mass is 10.2. The van der Waals surface area contributed by atoms with Crippen molar-refractivity contribution < 1.29 is 18.0 Å². The van der Waals surface area contributed by atoms with Crippen LogP contribution >= 0.6 is 34.8 Å². The first-order chi connectivity index (χ1) is 10.7. The molecular weight excluding hydrogens is 376 g/mol. The van der Waals surface area contributed by atoms with Crippen molar-refractivity contribution in [2.24, 2.45) is 0 Å². The van der Waals surface area contributed by atoms with Crippen LogP contribution in [0.1, 0.15) is 5.56 Å². The molecule has 2 amide bonds. The van der Waals surface area contributed by atoms with E-state index < -0.39 is 17.8 Å². The molecule has 9 heteroatoms. The molecule has 0 aromatic heterocycles. The lowest BCUT2D eigenvalue weighted by molar-refractivity contribution is -0.137. The van der Waals surface area contributed by atoms with E-state index in [-0.39, 0.29) is 21.4 Å². The Balaban J connectivity index is 2.17. The van der Waals surface area contributed by atoms with Gasteiger partial charge >= 0.3 is 12.2 Å². The van der Waals surface area contributed by atoms with E-state index in [0.717, 1.165) is 18.2 Å². The molecule has 2 rings (SSSR count). The van der Waals surface area contributed by atoms with Gasteiger partial charge in [-0.05, 0) is 36.4 Å². The first kappa shape index (κ1) is 17.7. The second kappa shape index (κ2) is 6.86. The van der Waals surface area contributed by atoms with E-state index >= 15 is 0 Å². The molecule has 23 heavy (non-hydrogen) atoms. The van der Waals surface area contributed by atoms with E-state index in [9.17, 15) is 18.0 Å². The Hall–Kier alpha value is -1.63. The summed E-state index contributed by atoms with van der Waals surface area (Å²) >= 11 is 17.4. The number of nitrogens with one attached hydrogen (secondary N) is 2. The second-order valence-electron chi connectivity index (χ2n) is 4.40. The van der Waals surface area contributed by atoms with Crippen molar-refractivity contribution in [3.63, 3.8) is 0 Å². The molecule has 0 radical (unpaired) electrons. The fourth-order valence-corrected chi connectivity index (χ4v) is 2.28. The standard InChI is InChI=1S/C14H8Cl3F3N2O/c15-8-2-4-11(10(17)6-8)21-13(23)22-12-5-7(14(18,19)20)1-3-9(12)16/h1-6H,(H2,21,22,23). The van der Waals surface area contributed by atoms with Crippen molar-refractivity contribution in [1.82, 2.24) is 0 Å². The molecule has 2 aromatic carbocycles. The van der Waals surface area contributed by atoms with E-state index in [4.69, 9.17) is 34.8 Å². The summed E-state index contributed by atoms with van der Waals surface area (Å²) in [6.45, 7) is 0. The molecular formula is C14H8Cl3F3N2O. The Morgan fingerprint density at radius 2 is 1.52 bits per heavy atom. The minimum absolute atomic E-state index is 0.0321. The Morgan fingerprint density at radius 1 is 0.870 bits per heavy atom. The number of halogens is 6. The third kappa shape index (κ3) is 4.67. The Kier molecular flexibility index (Phi) is 5.29. The number of carbonyl (C=O) groups excluding carboxylic acids is 1. The molecule has 122 valence electrons. The highest BCUT2D eigenvalue weighted by molar-refractivity contribution is 6.37. The number of alkyl halides is 3. The number of anilines is 2. The maximum absolute atomic E-state index is 12.7. The summed E-state index contributed by atoms with van der Waals surface area (Å²) in [6.07, 6.45) is -4.54. The average Bonchev–Trinajstić information content (AvgIpc) is 2.43. The molecule has 2 N–H and O–H groups in total. The van der Waals surface area contributed by atoms with Gasteiger partial charge in [0.1, 0.15) is 0 Å². The van der Waals surface area contributed by atoms with Gasteiger partial charge in [0, 0.05) is 5.02 Å². The van der Waals surface area contributed by atoms with E-state index in [1.54, 1.807) is 0 Å². The normalized spacial score (nSPS) is 11.2. The van der Waals surface area contributed by atoms with Gasteiger partial charge in [-0.3, -0.25) is 0 Å². The maximum atomic E-state index is 12.7. The molecule has 3 nitrogen and oxygen atoms in total. The van der Waals surface area contributed by atoms with E-state index in [0.29, 0.717) is 5.02 Å². The van der Waals surface area contributed by atoms with Gasteiger partial charge in [-0.2, -0.15) is 13.2 Å². The molecule has 0 aliphatic carbocycles.